The highest BCUT2D eigenvalue weighted by atomic mass is 35.5. The summed E-state index contributed by atoms with van der Waals surface area (Å²) in [5.74, 6) is 1.62. The Balaban J connectivity index is 0.00000220. The number of likely N-dealkylation sites (tertiary alicyclic amines) is 1. The first-order valence-electron chi connectivity index (χ1n) is 7.27. The Kier molecular flexibility index (Phi) is 6.99. The Bertz CT molecular complexity index is 440. The van der Waals surface area contributed by atoms with Crippen LogP contribution in [-0.2, 0) is 11.2 Å². The van der Waals surface area contributed by atoms with Crippen molar-refractivity contribution in [2.24, 2.45) is 11.7 Å². The molecule has 0 spiro atoms. The fourth-order valence-electron chi connectivity index (χ4n) is 2.74. The molecule has 1 aromatic carbocycles. The number of carbonyl (C=O) groups is 1. The van der Waals surface area contributed by atoms with Gasteiger partial charge in [-0.25, -0.2) is 0 Å². The number of carbonyl (C=O) groups excluding carboxylic acids is 1. The summed E-state index contributed by atoms with van der Waals surface area (Å²) in [4.78, 5) is 13.7. The molecule has 1 atom stereocenters. The van der Waals surface area contributed by atoms with E-state index < -0.39 is 0 Å². The van der Waals surface area contributed by atoms with E-state index in [-0.39, 0.29) is 24.4 Å². The minimum atomic E-state index is -0.381. The van der Waals surface area contributed by atoms with E-state index in [1.807, 2.05) is 17.0 Å². The van der Waals surface area contributed by atoms with Crippen molar-refractivity contribution in [3.8, 4) is 5.75 Å². The molecule has 1 fully saturated rings. The summed E-state index contributed by atoms with van der Waals surface area (Å²) >= 11 is 0. The molecule has 1 aliphatic rings. The molecule has 1 amide bonds. The second-order valence-corrected chi connectivity index (χ2v) is 5.61. The zero-order valence-corrected chi connectivity index (χ0v) is 13.6. The first kappa shape index (κ1) is 17.8. The molecule has 4 nitrogen and oxygen atoms in total. The van der Waals surface area contributed by atoms with E-state index in [9.17, 15) is 4.79 Å². The smallest absolute Gasteiger partial charge is 0.239 e. The fraction of sp³-hybridized carbons (Fsp3) is 0.562. The Morgan fingerprint density at radius 3 is 2.38 bits per heavy atom. The molecule has 0 aliphatic carbocycles. The largest absolute Gasteiger partial charge is 0.497 e. The van der Waals surface area contributed by atoms with Gasteiger partial charge in [-0.15, -0.1) is 12.4 Å². The molecule has 0 unspecified atom stereocenters. The average Bonchev–Trinajstić information content (AvgIpc) is 2.48. The van der Waals surface area contributed by atoms with Crippen molar-refractivity contribution in [2.45, 2.75) is 32.2 Å². The third-order valence-corrected chi connectivity index (χ3v) is 4.00. The summed E-state index contributed by atoms with van der Waals surface area (Å²) in [6.45, 7) is 3.42. The second kappa shape index (κ2) is 8.25. The number of benzene rings is 1. The molecule has 2 N–H and O–H groups in total. The van der Waals surface area contributed by atoms with Gasteiger partial charge in [0.05, 0.1) is 13.2 Å². The molecule has 2 rings (SSSR count). The highest BCUT2D eigenvalue weighted by molar-refractivity contribution is 5.85. The quantitative estimate of drug-likeness (QED) is 0.927. The second-order valence-electron chi connectivity index (χ2n) is 5.61. The van der Waals surface area contributed by atoms with Crippen LogP contribution in [0, 0.1) is 5.92 Å². The molecular formula is C16H25ClN2O2. The highest BCUT2D eigenvalue weighted by Gasteiger charge is 2.24. The Labute approximate surface area is 133 Å². The summed E-state index contributed by atoms with van der Waals surface area (Å²) in [5.41, 5.74) is 6.99. The van der Waals surface area contributed by atoms with Gasteiger partial charge in [-0.2, -0.15) is 0 Å². The van der Waals surface area contributed by atoms with Crippen LogP contribution in [0.1, 0.15) is 25.3 Å². The summed E-state index contributed by atoms with van der Waals surface area (Å²) in [6, 6.07) is 7.87. The van der Waals surface area contributed by atoms with Crippen molar-refractivity contribution >= 4 is 18.3 Å². The van der Waals surface area contributed by atoms with Crippen LogP contribution in [0.15, 0.2) is 24.3 Å². The van der Waals surface area contributed by atoms with Crippen LogP contribution in [-0.4, -0.2) is 37.0 Å². The van der Waals surface area contributed by atoms with E-state index in [1.54, 1.807) is 14.0 Å². The molecule has 118 valence electrons. The number of halogens is 1. The van der Waals surface area contributed by atoms with Crippen molar-refractivity contribution in [2.75, 3.05) is 20.2 Å². The fourth-order valence-corrected chi connectivity index (χ4v) is 2.74. The molecule has 1 saturated heterocycles. The Hall–Kier alpha value is -1.26. The molecule has 0 aromatic heterocycles. The first-order valence-corrected chi connectivity index (χ1v) is 7.27. The normalized spacial score (nSPS) is 17.0. The van der Waals surface area contributed by atoms with Crippen molar-refractivity contribution in [3.63, 3.8) is 0 Å². The van der Waals surface area contributed by atoms with E-state index in [2.05, 4.69) is 12.1 Å². The van der Waals surface area contributed by atoms with Gasteiger partial charge in [0.1, 0.15) is 5.75 Å². The van der Waals surface area contributed by atoms with Crippen LogP contribution in [0.5, 0.6) is 5.75 Å². The van der Waals surface area contributed by atoms with Crippen LogP contribution in [0.2, 0.25) is 0 Å². The van der Waals surface area contributed by atoms with Gasteiger partial charge in [0, 0.05) is 13.1 Å². The number of hydrogen-bond acceptors (Lipinski definition) is 3. The number of rotatable bonds is 4. The van der Waals surface area contributed by atoms with E-state index in [0.29, 0.717) is 5.92 Å². The van der Waals surface area contributed by atoms with Crippen LogP contribution >= 0.6 is 12.4 Å². The molecular weight excluding hydrogens is 288 g/mol. The van der Waals surface area contributed by atoms with Crippen LogP contribution < -0.4 is 10.5 Å². The lowest BCUT2D eigenvalue weighted by molar-refractivity contribution is -0.133. The summed E-state index contributed by atoms with van der Waals surface area (Å²) in [6.07, 6.45) is 3.19. The monoisotopic (exact) mass is 312 g/mol. The standard InChI is InChI=1S/C16H24N2O2.ClH/c1-12(17)16(19)18-9-7-14(8-10-18)11-13-3-5-15(20-2)6-4-13;/h3-6,12,14H,7-11,17H2,1-2H3;1H/t12-;/m0./s1. The number of nitrogens with two attached hydrogens (primary N) is 1. The van der Waals surface area contributed by atoms with E-state index in [4.69, 9.17) is 10.5 Å². The number of methoxy groups -OCH3 is 1. The van der Waals surface area contributed by atoms with Crippen LogP contribution in [0.25, 0.3) is 0 Å². The van der Waals surface area contributed by atoms with Gasteiger partial charge in [-0.1, -0.05) is 12.1 Å². The van der Waals surface area contributed by atoms with Gasteiger partial charge < -0.3 is 15.4 Å². The highest BCUT2D eigenvalue weighted by Crippen LogP contribution is 2.23. The maximum absolute atomic E-state index is 11.8. The molecule has 1 aromatic rings. The predicted molar refractivity (Wildman–Crippen MR) is 86.9 cm³/mol. The van der Waals surface area contributed by atoms with Gasteiger partial charge >= 0.3 is 0 Å². The third-order valence-electron chi connectivity index (χ3n) is 4.00. The number of piperidine rings is 1. The lowest BCUT2D eigenvalue weighted by Gasteiger charge is -2.33. The molecule has 1 heterocycles. The maximum atomic E-state index is 11.8. The van der Waals surface area contributed by atoms with Crippen molar-refractivity contribution in [1.29, 1.82) is 0 Å². The Morgan fingerprint density at radius 1 is 1.33 bits per heavy atom. The zero-order chi connectivity index (χ0) is 14.5. The lowest BCUT2D eigenvalue weighted by Crippen LogP contribution is -2.46. The SMILES string of the molecule is COc1ccc(CC2CCN(C(=O)[C@H](C)N)CC2)cc1.Cl. The van der Waals surface area contributed by atoms with Crippen molar-refractivity contribution in [3.05, 3.63) is 29.8 Å². The molecule has 1 aliphatic heterocycles. The Morgan fingerprint density at radius 2 is 1.90 bits per heavy atom. The third kappa shape index (κ3) is 4.90. The van der Waals surface area contributed by atoms with Crippen molar-refractivity contribution < 1.29 is 9.53 Å². The van der Waals surface area contributed by atoms with Gasteiger partial charge in [0.25, 0.3) is 0 Å². The van der Waals surface area contributed by atoms with E-state index >= 15 is 0 Å². The van der Waals surface area contributed by atoms with Gasteiger partial charge in [-0.3, -0.25) is 4.79 Å². The van der Waals surface area contributed by atoms with Gasteiger partial charge in [-0.05, 0) is 49.8 Å². The van der Waals surface area contributed by atoms with Crippen molar-refractivity contribution in [1.82, 2.24) is 4.90 Å². The summed E-state index contributed by atoms with van der Waals surface area (Å²) in [5, 5.41) is 0. The summed E-state index contributed by atoms with van der Waals surface area (Å²) < 4.78 is 5.17. The van der Waals surface area contributed by atoms with Gasteiger partial charge in [0.2, 0.25) is 5.91 Å². The lowest BCUT2D eigenvalue weighted by atomic mass is 9.90. The van der Waals surface area contributed by atoms with Crippen LogP contribution in [0.3, 0.4) is 0 Å². The van der Waals surface area contributed by atoms with Gasteiger partial charge in [0.15, 0.2) is 0 Å². The molecule has 0 bridgehead atoms. The summed E-state index contributed by atoms with van der Waals surface area (Å²) in [7, 11) is 1.68. The predicted octanol–water partition coefficient (Wildman–Crippen LogP) is 2.25. The first-order chi connectivity index (χ1) is 9.60. The molecule has 0 radical (unpaired) electrons. The minimum Gasteiger partial charge on any atom is -0.497 e. The van der Waals surface area contributed by atoms with Crippen LogP contribution in [0.4, 0.5) is 0 Å². The molecule has 0 saturated carbocycles. The minimum absolute atomic E-state index is 0. The number of nitrogens with zero attached hydrogens (tertiary/aromatic N) is 1. The number of amides is 1. The number of hydrogen-bond donors (Lipinski definition) is 1. The maximum Gasteiger partial charge on any atom is 0.239 e. The van der Waals surface area contributed by atoms with E-state index in [0.717, 1.165) is 38.1 Å². The topological polar surface area (TPSA) is 55.6 Å². The average molecular weight is 313 g/mol. The number of ether oxygens (including phenoxy) is 1. The zero-order valence-electron chi connectivity index (χ0n) is 12.7. The van der Waals surface area contributed by atoms with E-state index in [1.165, 1.54) is 5.56 Å². The molecule has 21 heavy (non-hydrogen) atoms. The molecule has 5 heteroatoms.